The number of aromatic nitrogens is 1. The summed E-state index contributed by atoms with van der Waals surface area (Å²) in [6, 6.07) is 13.1. The van der Waals surface area contributed by atoms with Gasteiger partial charge < -0.3 is 47.1 Å². The van der Waals surface area contributed by atoms with Gasteiger partial charge in [-0.3, -0.25) is 24.0 Å². The highest BCUT2D eigenvalue weighted by Gasteiger charge is 2.36. The second-order valence-electron chi connectivity index (χ2n) is 13.4. The van der Waals surface area contributed by atoms with Gasteiger partial charge in [-0.15, -0.1) is 0 Å². The van der Waals surface area contributed by atoms with Crippen LogP contribution in [0.5, 0.6) is 0 Å². The van der Waals surface area contributed by atoms with Gasteiger partial charge in [0.1, 0.15) is 23.8 Å². The number of benzene rings is 2. The molecule has 1 aromatic heterocycles. The lowest BCUT2D eigenvalue weighted by atomic mass is 9.97. The quantitative estimate of drug-likeness (QED) is 0.0950. The number of nitrogens with zero attached hydrogens (tertiary/aromatic N) is 1. The van der Waals surface area contributed by atoms with Crippen molar-refractivity contribution in [2.45, 2.75) is 70.8 Å². The lowest BCUT2D eigenvalue weighted by Crippen LogP contribution is -2.60. The number of nitrogens with two attached hydrogens (primary N) is 1. The van der Waals surface area contributed by atoms with Crippen LogP contribution in [-0.2, 0) is 25.6 Å². The molecule has 0 aliphatic rings. The van der Waals surface area contributed by atoms with Crippen molar-refractivity contribution in [1.82, 2.24) is 25.8 Å². The Morgan fingerprint density at radius 2 is 1.56 bits per heavy atom. The molecule has 0 radical (unpaired) electrons. The third-order valence-electron chi connectivity index (χ3n) is 8.30. The number of anilines is 1. The number of amides is 5. The summed E-state index contributed by atoms with van der Waals surface area (Å²) in [6.07, 6.45) is 0.0368. The van der Waals surface area contributed by atoms with E-state index in [1.54, 1.807) is 62.5 Å². The number of aromatic carboxylic acids is 1. The highest BCUT2D eigenvalue weighted by Crippen LogP contribution is 2.16. The van der Waals surface area contributed by atoms with E-state index in [0.29, 0.717) is 11.3 Å². The summed E-state index contributed by atoms with van der Waals surface area (Å²) in [5.41, 5.74) is 7.19. The van der Waals surface area contributed by atoms with Crippen LogP contribution < -0.4 is 27.0 Å². The van der Waals surface area contributed by atoms with Gasteiger partial charge in [0.2, 0.25) is 17.7 Å². The molecule has 9 N–H and O–H groups in total. The summed E-state index contributed by atoms with van der Waals surface area (Å²) >= 11 is 0. The average molecular weight is 720 g/mol. The van der Waals surface area contributed by atoms with Crippen molar-refractivity contribution in [2.24, 2.45) is 17.6 Å². The van der Waals surface area contributed by atoms with Gasteiger partial charge in [0.15, 0.2) is 6.10 Å². The minimum atomic E-state index is -1.78. The van der Waals surface area contributed by atoms with E-state index in [2.05, 4.69) is 26.3 Å². The van der Waals surface area contributed by atoms with Crippen molar-refractivity contribution in [3.63, 3.8) is 0 Å². The largest absolute Gasteiger partial charge is 0.478 e. The van der Waals surface area contributed by atoms with Gasteiger partial charge >= 0.3 is 5.97 Å². The minimum absolute atomic E-state index is 0.0445. The number of aliphatic hydroxyl groups excluding tert-OH is 1. The SMILES string of the molecule is CC(C)C[C@H](NC(=O)[C@H](C(C)C)N(C)C(=O)[C@@H](N)CNC(=O)c1ccc[nH]1)C(=O)N[C@@H](Cc1ccccc1)[C@@H](O)C(=O)Nc1cccc(C(=O)O)c1. The highest BCUT2D eigenvalue weighted by molar-refractivity contribution is 5.98. The Hall–Kier alpha value is -5.54. The molecule has 2 aromatic carbocycles. The van der Waals surface area contributed by atoms with Gasteiger partial charge in [0.05, 0.1) is 11.6 Å². The molecule has 0 saturated heterocycles. The first kappa shape index (κ1) is 40.9. The molecule has 52 heavy (non-hydrogen) atoms. The van der Waals surface area contributed by atoms with Crippen LogP contribution in [0.3, 0.4) is 0 Å². The number of carboxylic acids is 1. The molecule has 0 spiro atoms. The number of carboxylic acid groups (broad SMARTS) is 1. The standard InChI is InChI=1S/C37H49N7O8/c1-21(2)17-29(43-34(48)30(22(3)4)44(5)36(50)26(38)20-40-32(46)27-15-10-16-39-27)33(47)42-28(18-23-11-7-6-8-12-23)31(45)35(49)41-25-14-9-13-24(19-25)37(51)52/h6-16,19,21-22,26,28-31,39,45H,17-18,20,38H2,1-5H3,(H,40,46)(H,41,49)(H,42,47)(H,43,48)(H,51,52)/t26-,28-,29-,30-,31+/m0/s1. The highest BCUT2D eigenvalue weighted by atomic mass is 16.4. The average Bonchev–Trinajstić information content (AvgIpc) is 3.65. The summed E-state index contributed by atoms with van der Waals surface area (Å²) in [5, 5.41) is 31.2. The van der Waals surface area contributed by atoms with E-state index in [4.69, 9.17) is 5.73 Å². The zero-order chi connectivity index (χ0) is 38.5. The van der Waals surface area contributed by atoms with E-state index in [1.807, 2.05) is 13.8 Å². The van der Waals surface area contributed by atoms with Gasteiger partial charge in [-0.2, -0.15) is 0 Å². The molecular weight excluding hydrogens is 670 g/mol. The fourth-order valence-electron chi connectivity index (χ4n) is 5.66. The van der Waals surface area contributed by atoms with E-state index in [0.717, 1.165) is 0 Å². The van der Waals surface area contributed by atoms with Crippen LogP contribution in [0.1, 0.15) is 60.5 Å². The lowest BCUT2D eigenvalue weighted by Gasteiger charge is -2.34. The zero-order valence-electron chi connectivity index (χ0n) is 30.0. The summed E-state index contributed by atoms with van der Waals surface area (Å²) in [7, 11) is 1.42. The summed E-state index contributed by atoms with van der Waals surface area (Å²) in [6.45, 7) is 7.01. The smallest absolute Gasteiger partial charge is 0.335 e. The maximum atomic E-state index is 13.9. The Labute approximate surface area is 302 Å². The van der Waals surface area contributed by atoms with E-state index < -0.39 is 71.7 Å². The van der Waals surface area contributed by atoms with E-state index >= 15 is 0 Å². The van der Waals surface area contributed by atoms with Gasteiger partial charge in [0, 0.05) is 25.5 Å². The Morgan fingerprint density at radius 1 is 0.865 bits per heavy atom. The molecule has 5 amide bonds. The summed E-state index contributed by atoms with van der Waals surface area (Å²) < 4.78 is 0. The Kier molecular flexibility index (Phi) is 15.1. The molecule has 15 nitrogen and oxygen atoms in total. The fourth-order valence-corrected chi connectivity index (χ4v) is 5.66. The predicted octanol–water partition coefficient (Wildman–Crippen LogP) is 1.51. The summed E-state index contributed by atoms with van der Waals surface area (Å²) in [5.74, 6) is -4.89. The molecule has 3 rings (SSSR count). The molecule has 0 aliphatic heterocycles. The zero-order valence-corrected chi connectivity index (χ0v) is 30.0. The monoisotopic (exact) mass is 719 g/mol. The predicted molar refractivity (Wildman–Crippen MR) is 194 cm³/mol. The van der Waals surface area contributed by atoms with Gasteiger partial charge in [-0.05, 0) is 60.6 Å². The second-order valence-corrected chi connectivity index (χ2v) is 13.4. The first-order valence-corrected chi connectivity index (χ1v) is 17.0. The first-order valence-electron chi connectivity index (χ1n) is 17.0. The molecule has 0 fully saturated rings. The molecule has 3 aromatic rings. The van der Waals surface area contributed by atoms with Crippen LogP contribution >= 0.6 is 0 Å². The number of likely N-dealkylation sites (N-methyl/N-ethyl adjacent to an activating group) is 1. The molecule has 280 valence electrons. The molecule has 0 saturated carbocycles. The Morgan fingerprint density at radius 3 is 2.15 bits per heavy atom. The summed E-state index contributed by atoms with van der Waals surface area (Å²) in [4.78, 5) is 81.9. The number of carbonyl (C=O) groups excluding carboxylic acids is 5. The fraction of sp³-hybridized carbons (Fsp3) is 0.405. The number of hydrogen-bond donors (Lipinski definition) is 8. The number of hydrogen-bond acceptors (Lipinski definition) is 8. The van der Waals surface area contributed by atoms with Crippen molar-refractivity contribution < 1.29 is 39.0 Å². The minimum Gasteiger partial charge on any atom is -0.478 e. The van der Waals surface area contributed by atoms with Crippen LogP contribution in [0.15, 0.2) is 72.9 Å². The molecule has 0 unspecified atom stereocenters. The van der Waals surface area contributed by atoms with Crippen LogP contribution in [0, 0.1) is 11.8 Å². The second kappa shape index (κ2) is 19.2. The first-order chi connectivity index (χ1) is 24.6. The number of aliphatic hydroxyl groups is 1. The van der Waals surface area contributed by atoms with Crippen LogP contribution in [0.25, 0.3) is 0 Å². The van der Waals surface area contributed by atoms with Crippen LogP contribution in [-0.4, -0.2) is 99.5 Å². The maximum absolute atomic E-state index is 13.9. The van der Waals surface area contributed by atoms with E-state index in [1.165, 1.54) is 36.2 Å². The molecule has 0 aliphatic carbocycles. The third kappa shape index (κ3) is 11.8. The molecule has 5 atom stereocenters. The van der Waals surface area contributed by atoms with Crippen molar-refractivity contribution in [3.8, 4) is 0 Å². The van der Waals surface area contributed by atoms with Crippen LogP contribution in [0.2, 0.25) is 0 Å². The number of aromatic amines is 1. The Balaban J connectivity index is 1.78. The normalized spacial score (nSPS) is 14.0. The molecule has 1 heterocycles. The van der Waals surface area contributed by atoms with Gasteiger partial charge in [-0.25, -0.2) is 4.79 Å². The van der Waals surface area contributed by atoms with Gasteiger partial charge in [0.25, 0.3) is 11.8 Å². The number of rotatable bonds is 18. The van der Waals surface area contributed by atoms with Crippen molar-refractivity contribution in [3.05, 3.63) is 89.7 Å². The maximum Gasteiger partial charge on any atom is 0.335 e. The van der Waals surface area contributed by atoms with Crippen molar-refractivity contribution in [1.29, 1.82) is 0 Å². The van der Waals surface area contributed by atoms with Gasteiger partial charge in [-0.1, -0.05) is 64.1 Å². The molecular formula is C37H49N7O8. The van der Waals surface area contributed by atoms with E-state index in [-0.39, 0.29) is 36.6 Å². The van der Waals surface area contributed by atoms with Crippen molar-refractivity contribution >= 4 is 41.2 Å². The van der Waals surface area contributed by atoms with E-state index in [9.17, 15) is 39.0 Å². The van der Waals surface area contributed by atoms with Crippen molar-refractivity contribution in [2.75, 3.05) is 18.9 Å². The number of carbonyl (C=O) groups is 6. The number of H-pyrrole nitrogens is 1. The topological polar surface area (TPSA) is 236 Å². The molecule has 0 bridgehead atoms. The van der Waals surface area contributed by atoms with Crippen LogP contribution in [0.4, 0.5) is 5.69 Å². The Bertz CT molecular complexity index is 1680. The molecule has 15 heteroatoms. The number of nitrogens with one attached hydrogen (secondary N) is 5. The lowest BCUT2D eigenvalue weighted by molar-refractivity contribution is -0.142. The third-order valence-corrected chi connectivity index (χ3v) is 8.30.